The molecule has 1 saturated carbocycles. The van der Waals surface area contributed by atoms with E-state index < -0.39 is 29.3 Å². The van der Waals surface area contributed by atoms with E-state index in [4.69, 9.17) is 15.2 Å². The monoisotopic (exact) mass is 485 g/mol. The second-order valence-electron chi connectivity index (χ2n) is 10.4. The zero-order valence-electron chi connectivity index (χ0n) is 21.4. The summed E-state index contributed by atoms with van der Waals surface area (Å²) in [6, 6.07) is 4.43. The highest BCUT2D eigenvalue weighted by molar-refractivity contribution is 6.45. The zero-order valence-corrected chi connectivity index (χ0v) is 21.4. The first-order valence-corrected chi connectivity index (χ1v) is 12.6. The standard InChI is InChI=1S/C27H39N3O5/c1-27(2,3)35-26(33)23(11-8-14-28)30(17-18-9-6-5-7-10-18)25(32)24(31)21-16-29-22-15-19(34-4)12-13-20(21)22/h12-13,15-16,18,23,29H,5-11,14,17,28H2,1-4H3. The lowest BCUT2D eigenvalue weighted by molar-refractivity contribution is -0.164. The van der Waals surface area contributed by atoms with Gasteiger partial charge in [-0.05, 0) is 71.0 Å². The minimum atomic E-state index is -0.860. The van der Waals surface area contributed by atoms with E-state index in [1.807, 2.05) is 0 Å². The van der Waals surface area contributed by atoms with Crippen LogP contribution in [0.5, 0.6) is 5.75 Å². The quantitative estimate of drug-likeness (QED) is 0.296. The lowest BCUT2D eigenvalue weighted by atomic mass is 9.88. The van der Waals surface area contributed by atoms with E-state index in [0.717, 1.165) is 25.7 Å². The first kappa shape index (κ1) is 26.7. The van der Waals surface area contributed by atoms with Crippen molar-refractivity contribution < 1.29 is 23.9 Å². The fourth-order valence-electron chi connectivity index (χ4n) is 4.75. The molecular weight excluding hydrogens is 446 g/mol. The summed E-state index contributed by atoms with van der Waals surface area (Å²) in [6.07, 6.45) is 7.74. The van der Waals surface area contributed by atoms with Crippen LogP contribution in [0.25, 0.3) is 10.9 Å². The van der Waals surface area contributed by atoms with E-state index in [0.29, 0.717) is 42.6 Å². The fourth-order valence-corrected chi connectivity index (χ4v) is 4.75. The number of hydrogen-bond acceptors (Lipinski definition) is 6. The molecule has 1 unspecified atom stereocenters. The summed E-state index contributed by atoms with van der Waals surface area (Å²) in [5, 5.41) is 0.637. The number of hydrogen-bond donors (Lipinski definition) is 2. The molecule has 1 amide bonds. The number of rotatable bonds is 10. The van der Waals surface area contributed by atoms with E-state index in [1.165, 1.54) is 11.3 Å². The Morgan fingerprint density at radius 3 is 2.51 bits per heavy atom. The Labute approximate surface area is 207 Å². The maximum Gasteiger partial charge on any atom is 0.329 e. The van der Waals surface area contributed by atoms with Gasteiger partial charge in [0, 0.05) is 29.7 Å². The van der Waals surface area contributed by atoms with Crippen LogP contribution in [-0.2, 0) is 14.3 Å². The predicted octanol–water partition coefficient (Wildman–Crippen LogP) is 4.22. The maximum absolute atomic E-state index is 13.8. The van der Waals surface area contributed by atoms with Crippen molar-refractivity contribution in [1.82, 2.24) is 9.88 Å². The zero-order chi connectivity index (χ0) is 25.6. The Morgan fingerprint density at radius 1 is 1.17 bits per heavy atom. The lowest BCUT2D eigenvalue weighted by Gasteiger charge is -2.35. The van der Waals surface area contributed by atoms with E-state index >= 15 is 0 Å². The topological polar surface area (TPSA) is 115 Å². The molecule has 0 aliphatic heterocycles. The van der Waals surface area contributed by atoms with Crippen LogP contribution in [-0.4, -0.2) is 59.4 Å². The van der Waals surface area contributed by atoms with Gasteiger partial charge in [-0.15, -0.1) is 0 Å². The van der Waals surface area contributed by atoms with E-state index in [2.05, 4.69) is 4.98 Å². The summed E-state index contributed by atoms with van der Waals surface area (Å²) in [4.78, 5) is 45.1. The molecule has 0 radical (unpaired) electrons. The highest BCUT2D eigenvalue weighted by atomic mass is 16.6. The smallest absolute Gasteiger partial charge is 0.329 e. The van der Waals surface area contributed by atoms with Gasteiger partial charge in [0.05, 0.1) is 12.7 Å². The molecular formula is C27H39N3O5. The van der Waals surface area contributed by atoms with Crippen LogP contribution >= 0.6 is 0 Å². The summed E-state index contributed by atoms with van der Waals surface area (Å²) >= 11 is 0. The van der Waals surface area contributed by atoms with Crippen molar-refractivity contribution >= 4 is 28.6 Å². The van der Waals surface area contributed by atoms with Gasteiger partial charge in [0.1, 0.15) is 17.4 Å². The minimum Gasteiger partial charge on any atom is -0.497 e. The molecule has 1 atom stereocenters. The largest absolute Gasteiger partial charge is 0.497 e. The van der Waals surface area contributed by atoms with Crippen LogP contribution in [0.1, 0.15) is 76.1 Å². The third-order valence-electron chi connectivity index (χ3n) is 6.51. The number of benzene rings is 1. The molecule has 8 nitrogen and oxygen atoms in total. The van der Waals surface area contributed by atoms with Gasteiger partial charge in [0.2, 0.25) is 0 Å². The molecule has 1 fully saturated rings. The number of ketones is 1. The Morgan fingerprint density at radius 2 is 1.89 bits per heavy atom. The average Bonchev–Trinajstić information content (AvgIpc) is 3.25. The summed E-state index contributed by atoms with van der Waals surface area (Å²) in [6.45, 7) is 6.12. The number of carbonyl (C=O) groups excluding carboxylic acids is 3. The minimum absolute atomic E-state index is 0.246. The predicted molar refractivity (Wildman–Crippen MR) is 135 cm³/mol. The summed E-state index contributed by atoms with van der Waals surface area (Å²) in [5.74, 6) is -0.920. The van der Waals surface area contributed by atoms with Gasteiger partial charge >= 0.3 is 5.97 Å². The SMILES string of the molecule is COc1ccc2c(C(=O)C(=O)N(CC3CCCCC3)C(CCCN)C(=O)OC(C)(C)C)c[nH]c2c1. The summed E-state index contributed by atoms with van der Waals surface area (Å²) in [7, 11) is 1.57. The second kappa shape index (κ2) is 11.7. The number of nitrogens with zero attached hydrogens (tertiary/aromatic N) is 1. The van der Waals surface area contributed by atoms with Crippen LogP contribution in [0.15, 0.2) is 24.4 Å². The van der Waals surface area contributed by atoms with Gasteiger partial charge in [-0.25, -0.2) is 4.79 Å². The number of Topliss-reactive ketones (excluding diaryl/α,β-unsaturated/α-hetero) is 1. The first-order valence-electron chi connectivity index (χ1n) is 12.6. The number of H-pyrrole nitrogens is 1. The van der Waals surface area contributed by atoms with Crippen LogP contribution in [0.2, 0.25) is 0 Å². The van der Waals surface area contributed by atoms with Gasteiger partial charge in [-0.2, -0.15) is 0 Å². The van der Waals surface area contributed by atoms with Crippen molar-refractivity contribution in [3.63, 3.8) is 0 Å². The molecule has 0 saturated heterocycles. The molecule has 1 aromatic carbocycles. The van der Waals surface area contributed by atoms with Crippen molar-refractivity contribution in [1.29, 1.82) is 0 Å². The second-order valence-corrected chi connectivity index (χ2v) is 10.4. The number of nitrogens with two attached hydrogens (primary N) is 1. The number of aromatic amines is 1. The normalized spacial score (nSPS) is 15.6. The molecule has 2 aromatic rings. The number of carbonyl (C=O) groups is 3. The van der Waals surface area contributed by atoms with Gasteiger partial charge in [-0.3, -0.25) is 9.59 Å². The maximum atomic E-state index is 13.8. The van der Waals surface area contributed by atoms with Crippen molar-refractivity contribution in [2.24, 2.45) is 11.7 Å². The number of esters is 1. The Bertz CT molecular complexity index is 1030. The molecule has 1 aliphatic carbocycles. The summed E-state index contributed by atoms with van der Waals surface area (Å²) in [5.41, 5.74) is 6.02. The number of amides is 1. The van der Waals surface area contributed by atoms with E-state index in [1.54, 1.807) is 52.3 Å². The summed E-state index contributed by atoms with van der Waals surface area (Å²) < 4.78 is 10.9. The number of methoxy groups -OCH3 is 1. The molecule has 0 spiro atoms. The molecule has 0 bridgehead atoms. The highest BCUT2D eigenvalue weighted by Gasteiger charge is 2.38. The lowest BCUT2D eigenvalue weighted by Crippen LogP contribution is -2.51. The average molecular weight is 486 g/mol. The molecule has 1 aliphatic rings. The van der Waals surface area contributed by atoms with E-state index in [9.17, 15) is 14.4 Å². The number of ether oxygens (including phenoxy) is 2. The Hall–Kier alpha value is -2.87. The molecule has 3 N–H and O–H groups in total. The molecule has 8 heteroatoms. The van der Waals surface area contributed by atoms with Crippen molar-refractivity contribution in [3.05, 3.63) is 30.0 Å². The van der Waals surface area contributed by atoms with Crippen LogP contribution in [0, 0.1) is 5.92 Å². The van der Waals surface area contributed by atoms with Crippen molar-refractivity contribution in [2.45, 2.75) is 77.4 Å². The number of aromatic nitrogens is 1. The van der Waals surface area contributed by atoms with Gasteiger partial charge < -0.3 is 25.1 Å². The molecule has 35 heavy (non-hydrogen) atoms. The van der Waals surface area contributed by atoms with Crippen molar-refractivity contribution in [3.8, 4) is 5.75 Å². The van der Waals surface area contributed by atoms with E-state index in [-0.39, 0.29) is 11.5 Å². The van der Waals surface area contributed by atoms with Crippen molar-refractivity contribution in [2.75, 3.05) is 20.2 Å². The van der Waals surface area contributed by atoms with Gasteiger partial charge in [-0.1, -0.05) is 19.3 Å². The highest BCUT2D eigenvalue weighted by Crippen LogP contribution is 2.28. The Balaban J connectivity index is 1.95. The van der Waals surface area contributed by atoms with Gasteiger partial charge in [0.15, 0.2) is 0 Å². The van der Waals surface area contributed by atoms with Crippen LogP contribution in [0.4, 0.5) is 0 Å². The third-order valence-corrected chi connectivity index (χ3v) is 6.51. The van der Waals surface area contributed by atoms with Crippen LogP contribution in [0.3, 0.4) is 0 Å². The molecule has 192 valence electrons. The number of fused-ring (bicyclic) bond motifs is 1. The van der Waals surface area contributed by atoms with Crippen LogP contribution < -0.4 is 10.5 Å². The molecule has 3 rings (SSSR count). The number of nitrogens with one attached hydrogen (secondary N) is 1. The Kier molecular flexibility index (Phi) is 8.94. The van der Waals surface area contributed by atoms with Gasteiger partial charge in [0.25, 0.3) is 11.7 Å². The third kappa shape index (κ3) is 6.84. The first-order chi connectivity index (χ1) is 16.6. The molecule has 1 aromatic heterocycles. The molecule has 1 heterocycles. The fraction of sp³-hybridized carbons (Fsp3) is 0.593.